The van der Waals surface area contributed by atoms with Crippen LogP contribution in [-0.4, -0.2) is 84.5 Å². The van der Waals surface area contributed by atoms with E-state index >= 15 is 0 Å². The number of piperazine rings is 1. The van der Waals surface area contributed by atoms with Crippen LogP contribution < -0.4 is 28.4 Å². The molecule has 1 aliphatic carbocycles. The number of hydrogen-bond acceptors (Lipinski definition) is 8. The summed E-state index contributed by atoms with van der Waals surface area (Å²) in [6.45, 7) is 3.71. The Kier molecular flexibility index (Phi) is 8.53. The molecular formula is C28H38N2O7. The number of rotatable bonds is 9. The van der Waals surface area contributed by atoms with Crippen molar-refractivity contribution < 1.29 is 33.2 Å². The average molecular weight is 515 g/mol. The Morgan fingerprint density at radius 2 is 1.41 bits per heavy atom. The fourth-order valence-corrected chi connectivity index (χ4v) is 5.53. The summed E-state index contributed by atoms with van der Waals surface area (Å²) >= 11 is 0. The smallest absolute Gasteiger partial charge is 0.226 e. The second-order valence-electron chi connectivity index (χ2n) is 9.32. The number of ether oxygens (including phenoxy) is 6. The first-order chi connectivity index (χ1) is 18.0. The number of benzene rings is 2. The highest BCUT2D eigenvalue weighted by atomic mass is 16.5. The van der Waals surface area contributed by atoms with Crippen molar-refractivity contribution >= 4 is 5.91 Å². The zero-order valence-corrected chi connectivity index (χ0v) is 22.7. The zero-order chi connectivity index (χ0) is 26.5. The first kappa shape index (κ1) is 26.7. The molecule has 0 spiro atoms. The maximum absolute atomic E-state index is 13.5. The van der Waals surface area contributed by atoms with Gasteiger partial charge in [0.2, 0.25) is 17.4 Å². The van der Waals surface area contributed by atoms with Crippen LogP contribution in [0.15, 0.2) is 18.2 Å². The lowest BCUT2D eigenvalue weighted by atomic mass is 9.82. The van der Waals surface area contributed by atoms with Gasteiger partial charge in [-0.25, -0.2) is 0 Å². The molecule has 2 aromatic carbocycles. The zero-order valence-electron chi connectivity index (χ0n) is 22.7. The van der Waals surface area contributed by atoms with Gasteiger partial charge in [-0.05, 0) is 37.0 Å². The van der Waals surface area contributed by atoms with Crippen LogP contribution in [-0.2, 0) is 24.2 Å². The summed E-state index contributed by atoms with van der Waals surface area (Å²) in [7, 11) is 9.74. The molecule has 1 aliphatic heterocycles. The van der Waals surface area contributed by atoms with E-state index in [1.165, 1.54) is 0 Å². The van der Waals surface area contributed by atoms with Crippen molar-refractivity contribution in [3.05, 3.63) is 34.9 Å². The third kappa shape index (κ3) is 5.23. The third-order valence-electron chi connectivity index (χ3n) is 7.45. The predicted molar refractivity (Wildman–Crippen MR) is 140 cm³/mol. The van der Waals surface area contributed by atoms with Crippen LogP contribution in [0.2, 0.25) is 0 Å². The first-order valence-electron chi connectivity index (χ1n) is 12.6. The first-order valence-corrected chi connectivity index (χ1v) is 12.6. The molecule has 1 amide bonds. The van der Waals surface area contributed by atoms with Gasteiger partial charge in [-0.2, -0.15) is 0 Å². The predicted octanol–water partition coefficient (Wildman–Crippen LogP) is 3.19. The Balaban J connectivity index is 1.40. The van der Waals surface area contributed by atoms with Crippen molar-refractivity contribution in [1.29, 1.82) is 0 Å². The molecule has 9 heteroatoms. The summed E-state index contributed by atoms with van der Waals surface area (Å²) in [6, 6.07) is 5.90. The molecule has 202 valence electrons. The number of amides is 1. The lowest BCUT2D eigenvalue weighted by molar-refractivity contribution is -0.137. The van der Waals surface area contributed by atoms with Gasteiger partial charge in [0.25, 0.3) is 0 Å². The summed E-state index contributed by atoms with van der Waals surface area (Å²) in [5.41, 5.74) is 3.23. The van der Waals surface area contributed by atoms with Crippen LogP contribution in [0.3, 0.4) is 0 Å². The summed E-state index contributed by atoms with van der Waals surface area (Å²) in [6.07, 6.45) is 2.24. The van der Waals surface area contributed by atoms with Crippen LogP contribution in [0.4, 0.5) is 0 Å². The maximum atomic E-state index is 13.5. The van der Waals surface area contributed by atoms with Gasteiger partial charge in [0.1, 0.15) is 0 Å². The van der Waals surface area contributed by atoms with E-state index in [0.29, 0.717) is 60.6 Å². The number of fused-ring (bicyclic) bond motifs is 1. The lowest BCUT2D eigenvalue weighted by Crippen LogP contribution is -2.50. The number of nitrogens with zero attached hydrogens (tertiary/aromatic N) is 2. The molecule has 0 saturated carbocycles. The van der Waals surface area contributed by atoms with Crippen LogP contribution in [0, 0.1) is 5.92 Å². The molecule has 9 nitrogen and oxygen atoms in total. The third-order valence-corrected chi connectivity index (χ3v) is 7.45. The SMILES string of the molecule is COc1ccc(CN2CCN(C(=O)C3CCc4c(cc(OC)c(OC)c4OC)C3)CC2)c(OC)c1OC. The van der Waals surface area contributed by atoms with Crippen molar-refractivity contribution in [2.24, 2.45) is 5.92 Å². The molecule has 0 bridgehead atoms. The monoisotopic (exact) mass is 514 g/mol. The normalized spacial score (nSPS) is 17.6. The van der Waals surface area contributed by atoms with Crippen LogP contribution in [0.5, 0.6) is 34.5 Å². The summed E-state index contributed by atoms with van der Waals surface area (Å²) in [5, 5.41) is 0. The van der Waals surface area contributed by atoms with Gasteiger partial charge < -0.3 is 33.3 Å². The van der Waals surface area contributed by atoms with Crippen LogP contribution >= 0.6 is 0 Å². The van der Waals surface area contributed by atoms with Gasteiger partial charge in [0.15, 0.2) is 23.0 Å². The van der Waals surface area contributed by atoms with E-state index in [4.69, 9.17) is 28.4 Å². The standard InChI is InChI=1S/C28H38N2O7/c1-32-22-10-8-19(24(34-3)26(22)36-5)17-29-11-13-30(14-12-29)28(31)18-7-9-21-20(15-18)16-23(33-2)27(37-6)25(21)35-4/h8,10,16,18H,7,9,11-15,17H2,1-6H3. The molecule has 37 heavy (non-hydrogen) atoms. The van der Waals surface area contributed by atoms with Gasteiger partial charge in [-0.3, -0.25) is 9.69 Å². The molecule has 1 fully saturated rings. The van der Waals surface area contributed by atoms with E-state index in [9.17, 15) is 4.79 Å². The van der Waals surface area contributed by atoms with E-state index in [0.717, 1.165) is 42.6 Å². The van der Waals surface area contributed by atoms with Crippen molar-refractivity contribution in [2.45, 2.75) is 25.8 Å². The number of hydrogen-bond donors (Lipinski definition) is 0. The van der Waals surface area contributed by atoms with Gasteiger partial charge in [-0.1, -0.05) is 6.07 Å². The second-order valence-corrected chi connectivity index (χ2v) is 9.32. The Labute approximate surface area is 219 Å². The second kappa shape index (κ2) is 11.8. The highest BCUT2D eigenvalue weighted by Gasteiger charge is 2.33. The topological polar surface area (TPSA) is 78.9 Å². The fourth-order valence-electron chi connectivity index (χ4n) is 5.53. The maximum Gasteiger partial charge on any atom is 0.226 e. The Bertz CT molecular complexity index is 1110. The molecule has 4 rings (SSSR count). The van der Waals surface area contributed by atoms with Crippen molar-refractivity contribution in [3.8, 4) is 34.5 Å². The highest BCUT2D eigenvalue weighted by Crippen LogP contribution is 2.45. The van der Waals surface area contributed by atoms with Gasteiger partial charge in [0, 0.05) is 49.8 Å². The lowest BCUT2D eigenvalue weighted by Gasteiger charge is -2.37. The van der Waals surface area contributed by atoms with Crippen molar-refractivity contribution in [1.82, 2.24) is 9.80 Å². The van der Waals surface area contributed by atoms with E-state index in [1.807, 2.05) is 23.1 Å². The summed E-state index contributed by atoms with van der Waals surface area (Å²) in [5.74, 6) is 4.04. The summed E-state index contributed by atoms with van der Waals surface area (Å²) in [4.78, 5) is 17.8. The molecule has 1 atom stereocenters. The fraction of sp³-hybridized carbons (Fsp3) is 0.536. The highest BCUT2D eigenvalue weighted by molar-refractivity contribution is 5.80. The molecule has 1 heterocycles. The molecule has 0 aromatic heterocycles. The molecule has 2 aliphatic rings. The van der Waals surface area contributed by atoms with E-state index in [1.54, 1.807) is 42.7 Å². The van der Waals surface area contributed by atoms with Crippen LogP contribution in [0.1, 0.15) is 23.1 Å². The number of carbonyl (C=O) groups is 1. The Hall–Kier alpha value is -3.33. The minimum Gasteiger partial charge on any atom is -0.493 e. The molecule has 0 radical (unpaired) electrons. The van der Waals surface area contributed by atoms with Crippen molar-refractivity contribution in [2.75, 3.05) is 68.8 Å². The number of carbonyl (C=O) groups excluding carboxylic acids is 1. The number of methoxy groups -OCH3 is 6. The molecule has 1 unspecified atom stereocenters. The van der Waals surface area contributed by atoms with Crippen molar-refractivity contribution in [3.63, 3.8) is 0 Å². The largest absolute Gasteiger partial charge is 0.493 e. The van der Waals surface area contributed by atoms with E-state index in [-0.39, 0.29) is 11.8 Å². The minimum atomic E-state index is -0.0483. The average Bonchev–Trinajstić information content (AvgIpc) is 2.95. The molecule has 0 N–H and O–H groups in total. The Morgan fingerprint density at radius 1 is 0.784 bits per heavy atom. The molecule has 1 saturated heterocycles. The van der Waals surface area contributed by atoms with Gasteiger partial charge in [-0.15, -0.1) is 0 Å². The van der Waals surface area contributed by atoms with Gasteiger partial charge >= 0.3 is 0 Å². The van der Waals surface area contributed by atoms with E-state index < -0.39 is 0 Å². The molecule has 2 aromatic rings. The van der Waals surface area contributed by atoms with Gasteiger partial charge in [0.05, 0.1) is 42.7 Å². The Morgan fingerprint density at radius 3 is 2.00 bits per heavy atom. The molecular weight excluding hydrogens is 476 g/mol. The summed E-state index contributed by atoms with van der Waals surface area (Å²) < 4.78 is 33.3. The quantitative estimate of drug-likeness (QED) is 0.505. The van der Waals surface area contributed by atoms with E-state index in [2.05, 4.69) is 4.90 Å². The van der Waals surface area contributed by atoms with Crippen LogP contribution in [0.25, 0.3) is 0 Å². The minimum absolute atomic E-state index is 0.0483.